The predicted octanol–water partition coefficient (Wildman–Crippen LogP) is 2.42. The number of ether oxygens (including phenoxy) is 1. The second-order valence-corrected chi connectivity index (χ2v) is 5.82. The summed E-state index contributed by atoms with van der Waals surface area (Å²) in [6.45, 7) is 5.96. The van der Waals surface area contributed by atoms with Crippen LogP contribution >= 0.6 is 0 Å². The lowest BCUT2D eigenvalue weighted by molar-refractivity contribution is -0.144. The quantitative estimate of drug-likeness (QED) is 0.616. The molecule has 0 spiro atoms. The van der Waals surface area contributed by atoms with Crippen molar-refractivity contribution in [1.29, 1.82) is 0 Å². The molecule has 0 amide bonds. The highest BCUT2D eigenvalue weighted by Crippen LogP contribution is 2.47. The molecule has 18 heavy (non-hydrogen) atoms. The molecule has 96 valence electrons. The molecule has 0 bridgehead atoms. The number of carbonyl (C=O) groups excluding carboxylic acids is 2. The molecule has 0 N–H and O–H groups in total. The van der Waals surface area contributed by atoms with Crippen LogP contribution in [0.2, 0.25) is 0 Å². The lowest BCUT2D eigenvalue weighted by atomic mass is 9.81. The molecule has 1 unspecified atom stereocenters. The molecular weight excluding hydrogens is 228 g/mol. The van der Waals surface area contributed by atoms with Crippen LogP contribution in [0.5, 0.6) is 0 Å². The molecule has 3 rings (SSSR count). The van der Waals surface area contributed by atoms with Crippen LogP contribution in [-0.2, 0) is 14.3 Å². The van der Waals surface area contributed by atoms with Gasteiger partial charge in [-0.15, -0.1) is 0 Å². The Morgan fingerprint density at radius 2 is 2.00 bits per heavy atom. The fourth-order valence-corrected chi connectivity index (χ4v) is 3.69. The monoisotopic (exact) mass is 246 g/mol. The van der Waals surface area contributed by atoms with Crippen molar-refractivity contribution in [3.8, 4) is 0 Å². The van der Waals surface area contributed by atoms with Crippen LogP contribution < -0.4 is 0 Å². The van der Waals surface area contributed by atoms with E-state index in [1.807, 2.05) is 20.8 Å². The maximum atomic E-state index is 12.1. The van der Waals surface area contributed by atoms with Gasteiger partial charge in [-0.2, -0.15) is 0 Å². The van der Waals surface area contributed by atoms with Gasteiger partial charge in [0.25, 0.3) is 0 Å². The topological polar surface area (TPSA) is 43.4 Å². The molecule has 3 aliphatic rings. The summed E-state index contributed by atoms with van der Waals surface area (Å²) in [4.78, 5) is 23.8. The van der Waals surface area contributed by atoms with E-state index in [0.717, 1.165) is 24.0 Å². The summed E-state index contributed by atoms with van der Waals surface area (Å²) in [5.74, 6) is 0.246. The molecule has 2 aliphatic carbocycles. The van der Waals surface area contributed by atoms with E-state index in [4.69, 9.17) is 4.74 Å². The molecule has 3 heteroatoms. The Labute approximate surface area is 107 Å². The minimum atomic E-state index is -0.123. The molecule has 0 aromatic rings. The SMILES string of the molecule is CC1=CC(=O)C2=C(C)CC[C@H]3[C@H](C)C(=O)O[C@@H]3C12. The molecule has 0 saturated carbocycles. The maximum absolute atomic E-state index is 12.1. The highest BCUT2D eigenvalue weighted by Gasteiger charge is 2.50. The average Bonchev–Trinajstić information content (AvgIpc) is 2.68. The van der Waals surface area contributed by atoms with E-state index in [9.17, 15) is 9.59 Å². The van der Waals surface area contributed by atoms with Crippen molar-refractivity contribution < 1.29 is 14.3 Å². The van der Waals surface area contributed by atoms with Gasteiger partial charge in [0, 0.05) is 17.4 Å². The molecule has 0 radical (unpaired) electrons. The Kier molecular flexibility index (Phi) is 2.47. The number of hydrogen-bond acceptors (Lipinski definition) is 3. The minimum absolute atomic E-state index is 0.0129. The number of rotatable bonds is 0. The van der Waals surface area contributed by atoms with E-state index in [0.29, 0.717) is 0 Å². The number of carbonyl (C=O) groups is 2. The second kappa shape index (κ2) is 3.81. The zero-order valence-corrected chi connectivity index (χ0v) is 11.0. The van der Waals surface area contributed by atoms with Gasteiger partial charge in [0.15, 0.2) is 5.78 Å². The summed E-state index contributed by atoms with van der Waals surface area (Å²) in [6, 6.07) is 0. The van der Waals surface area contributed by atoms with Gasteiger partial charge in [0.05, 0.1) is 5.92 Å². The molecule has 4 atom stereocenters. The molecular formula is C15H18O3. The summed E-state index contributed by atoms with van der Waals surface area (Å²) in [5.41, 5.74) is 3.12. The molecule has 3 nitrogen and oxygen atoms in total. The van der Waals surface area contributed by atoms with Crippen LogP contribution in [0.1, 0.15) is 33.6 Å². The van der Waals surface area contributed by atoms with E-state index in [1.54, 1.807) is 6.08 Å². The Bertz CT molecular complexity index is 498. The van der Waals surface area contributed by atoms with Gasteiger partial charge in [0.2, 0.25) is 0 Å². The first-order valence-corrected chi connectivity index (χ1v) is 6.63. The fraction of sp³-hybridized carbons (Fsp3) is 0.600. The average molecular weight is 246 g/mol. The molecule has 0 aromatic carbocycles. The minimum Gasteiger partial charge on any atom is -0.461 e. The van der Waals surface area contributed by atoms with Crippen LogP contribution in [-0.4, -0.2) is 17.9 Å². The highest BCUT2D eigenvalue weighted by atomic mass is 16.6. The predicted molar refractivity (Wildman–Crippen MR) is 66.7 cm³/mol. The van der Waals surface area contributed by atoms with Crippen LogP contribution in [0.4, 0.5) is 0 Å². The lowest BCUT2D eigenvalue weighted by Crippen LogP contribution is -2.28. The molecule has 1 heterocycles. The number of ketones is 1. The van der Waals surface area contributed by atoms with E-state index >= 15 is 0 Å². The number of esters is 1. The smallest absolute Gasteiger partial charge is 0.309 e. The van der Waals surface area contributed by atoms with Gasteiger partial charge in [-0.3, -0.25) is 9.59 Å². The highest BCUT2D eigenvalue weighted by molar-refractivity contribution is 6.09. The first kappa shape index (κ1) is 11.7. The lowest BCUT2D eigenvalue weighted by Gasteiger charge is -2.24. The summed E-state index contributed by atoms with van der Waals surface area (Å²) in [6.07, 6.45) is 3.44. The van der Waals surface area contributed by atoms with E-state index in [1.165, 1.54) is 5.57 Å². The number of fused-ring (bicyclic) bond motifs is 3. The summed E-state index contributed by atoms with van der Waals surface area (Å²) in [5, 5.41) is 0. The van der Waals surface area contributed by atoms with Crippen molar-refractivity contribution >= 4 is 11.8 Å². The van der Waals surface area contributed by atoms with Gasteiger partial charge in [-0.25, -0.2) is 0 Å². The van der Waals surface area contributed by atoms with Gasteiger partial charge in [-0.05, 0) is 32.8 Å². The Hall–Kier alpha value is -1.38. The van der Waals surface area contributed by atoms with Crippen molar-refractivity contribution in [2.75, 3.05) is 0 Å². The normalized spacial score (nSPS) is 39.2. The van der Waals surface area contributed by atoms with Crippen molar-refractivity contribution in [2.24, 2.45) is 17.8 Å². The molecule has 1 aliphatic heterocycles. The largest absolute Gasteiger partial charge is 0.461 e. The number of allylic oxidation sites excluding steroid dienone is 2. The van der Waals surface area contributed by atoms with Crippen molar-refractivity contribution in [2.45, 2.75) is 39.7 Å². The second-order valence-electron chi connectivity index (χ2n) is 5.82. The van der Waals surface area contributed by atoms with Crippen molar-refractivity contribution in [1.82, 2.24) is 0 Å². The van der Waals surface area contributed by atoms with E-state index in [-0.39, 0.29) is 35.6 Å². The zero-order chi connectivity index (χ0) is 13.0. The molecule has 1 fully saturated rings. The summed E-state index contributed by atoms with van der Waals surface area (Å²) in [7, 11) is 0. The fourth-order valence-electron chi connectivity index (χ4n) is 3.69. The van der Waals surface area contributed by atoms with Crippen molar-refractivity contribution in [3.05, 3.63) is 22.8 Å². The number of hydrogen-bond donors (Lipinski definition) is 0. The summed E-state index contributed by atoms with van der Waals surface area (Å²) >= 11 is 0. The van der Waals surface area contributed by atoms with E-state index in [2.05, 4.69) is 0 Å². The Morgan fingerprint density at radius 1 is 1.28 bits per heavy atom. The molecule has 1 saturated heterocycles. The Morgan fingerprint density at radius 3 is 2.72 bits per heavy atom. The standard InChI is InChI=1S/C15H18O3/c1-7-4-5-10-9(3)15(17)18-14(10)13-8(2)6-11(16)12(7)13/h6,9-10,13-14H,4-5H2,1-3H3/t9-,10-,13?,14-/m0/s1. The Balaban J connectivity index is 2.07. The van der Waals surface area contributed by atoms with Crippen LogP contribution in [0.15, 0.2) is 22.8 Å². The van der Waals surface area contributed by atoms with E-state index < -0.39 is 0 Å². The summed E-state index contributed by atoms with van der Waals surface area (Å²) < 4.78 is 5.57. The van der Waals surface area contributed by atoms with Gasteiger partial charge >= 0.3 is 5.97 Å². The zero-order valence-electron chi connectivity index (χ0n) is 11.0. The third-order valence-electron chi connectivity index (χ3n) is 4.76. The van der Waals surface area contributed by atoms with Gasteiger partial charge < -0.3 is 4.74 Å². The first-order valence-electron chi connectivity index (χ1n) is 6.63. The first-order chi connectivity index (χ1) is 8.50. The maximum Gasteiger partial charge on any atom is 0.309 e. The van der Waals surface area contributed by atoms with Crippen LogP contribution in [0.3, 0.4) is 0 Å². The third-order valence-corrected chi connectivity index (χ3v) is 4.76. The van der Waals surface area contributed by atoms with Gasteiger partial charge in [-0.1, -0.05) is 18.1 Å². The van der Waals surface area contributed by atoms with Crippen molar-refractivity contribution in [3.63, 3.8) is 0 Å². The molecule has 0 aromatic heterocycles. The van der Waals surface area contributed by atoms with Crippen LogP contribution in [0.25, 0.3) is 0 Å². The van der Waals surface area contributed by atoms with Crippen LogP contribution in [0, 0.1) is 17.8 Å². The van der Waals surface area contributed by atoms with Gasteiger partial charge in [0.1, 0.15) is 6.10 Å². The third kappa shape index (κ3) is 1.43.